The molecule has 0 saturated carbocycles. The van der Waals surface area contributed by atoms with Gasteiger partial charge in [0.2, 0.25) is 0 Å². The summed E-state index contributed by atoms with van der Waals surface area (Å²) in [7, 11) is 0. The van der Waals surface area contributed by atoms with E-state index in [0.29, 0.717) is 12.0 Å². The number of aromatic amines is 1. The number of fused-ring (bicyclic) bond motifs is 3. The van der Waals surface area contributed by atoms with Gasteiger partial charge in [-0.25, -0.2) is 4.98 Å². The maximum Gasteiger partial charge on any atom is 0.140 e. The molecule has 0 spiro atoms. The van der Waals surface area contributed by atoms with E-state index in [2.05, 4.69) is 33.5 Å². The van der Waals surface area contributed by atoms with Crippen molar-refractivity contribution in [1.82, 2.24) is 15.3 Å². The van der Waals surface area contributed by atoms with Crippen LogP contribution in [0, 0.1) is 0 Å². The summed E-state index contributed by atoms with van der Waals surface area (Å²) in [6.45, 7) is 1.12. The predicted molar refractivity (Wildman–Crippen MR) is 92.6 cm³/mol. The second-order valence-electron chi connectivity index (χ2n) is 6.18. The zero-order valence-corrected chi connectivity index (χ0v) is 13.4. The van der Waals surface area contributed by atoms with E-state index < -0.39 is 0 Å². The maximum absolute atomic E-state index is 6.14. The average Bonchev–Trinajstić information content (AvgIpc) is 3.06. The number of benzene rings is 1. The molecule has 2 aromatic heterocycles. The van der Waals surface area contributed by atoms with Crippen molar-refractivity contribution in [3.8, 4) is 11.5 Å². The number of nitrogens with zero attached hydrogens (tertiary/aromatic N) is 1. The Kier molecular flexibility index (Phi) is 3.51. The number of halogens is 1. The Morgan fingerprint density at radius 3 is 2.91 bits per heavy atom. The lowest BCUT2D eigenvalue weighted by molar-refractivity contribution is 0.336. The van der Waals surface area contributed by atoms with Crippen molar-refractivity contribution < 1.29 is 4.74 Å². The highest BCUT2D eigenvalue weighted by Gasteiger charge is 2.32. The third-order valence-corrected chi connectivity index (χ3v) is 4.94. The Hall–Kier alpha value is -2.04. The molecule has 6 rings (SSSR count). The Bertz CT molecular complexity index is 852. The molecule has 1 saturated heterocycles. The summed E-state index contributed by atoms with van der Waals surface area (Å²) in [5, 5.41) is 4.63. The highest BCUT2D eigenvalue weighted by Crippen LogP contribution is 2.43. The Balaban J connectivity index is 0.00000135. The lowest BCUT2D eigenvalue weighted by atomic mass is 9.76. The lowest BCUT2D eigenvalue weighted by Crippen LogP contribution is -2.38. The molecule has 23 heavy (non-hydrogen) atoms. The first kappa shape index (κ1) is 14.5. The number of ether oxygens (including phenoxy) is 1. The van der Waals surface area contributed by atoms with Gasteiger partial charge in [0.15, 0.2) is 0 Å². The summed E-state index contributed by atoms with van der Waals surface area (Å²) in [6, 6.07) is 11.0. The molecule has 2 aliphatic heterocycles. The zero-order valence-electron chi connectivity index (χ0n) is 12.6. The monoisotopic (exact) mass is 327 g/mol. The molecule has 4 nitrogen and oxygen atoms in total. The molecular formula is C18H18ClN3O. The van der Waals surface area contributed by atoms with Gasteiger partial charge < -0.3 is 15.0 Å². The molecule has 1 fully saturated rings. The summed E-state index contributed by atoms with van der Waals surface area (Å²) >= 11 is 0. The highest BCUT2D eigenvalue weighted by atomic mass is 35.5. The molecular weight excluding hydrogens is 310 g/mol. The standard InChI is InChI=1S/C18H17N3O.ClH/c1-4-16-15-9-12(2-3-13(15)11(1)10-21-16)22-17-6-8-20-18-14(17)5-7-19-18;/h2-3,5-9,11,16,21H,1,4,10H2,(H,19,20);1H. The van der Waals surface area contributed by atoms with Gasteiger partial charge >= 0.3 is 0 Å². The minimum absolute atomic E-state index is 0. The second kappa shape index (κ2) is 5.55. The van der Waals surface area contributed by atoms with Gasteiger partial charge in [-0.1, -0.05) is 6.07 Å². The minimum atomic E-state index is 0. The van der Waals surface area contributed by atoms with E-state index in [-0.39, 0.29) is 12.4 Å². The second-order valence-corrected chi connectivity index (χ2v) is 6.18. The van der Waals surface area contributed by atoms with Crippen LogP contribution in [0.3, 0.4) is 0 Å². The number of nitrogens with one attached hydrogen (secondary N) is 2. The van der Waals surface area contributed by atoms with Gasteiger partial charge in [-0.2, -0.15) is 0 Å². The average molecular weight is 328 g/mol. The number of rotatable bonds is 2. The van der Waals surface area contributed by atoms with Crippen LogP contribution in [0.15, 0.2) is 42.7 Å². The molecule has 1 aromatic carbocycles. The molecule has 118 valence electrons. The van der Waals surface area contributed by atoms with Crippen molar-refractivity contribution in [2.75, 3.05) is 6.54 Å². The fourth-order valence-corrected chi connectivity index (χ4v) is 3.83. The molecule has 2 N–H and O–H groups in total. The largest absolute Gasteiger partial charge is 0.457 e. The molecule has 2 atom stereocenters. The fourth-order valence-electron chi connectivity index (χ4n) is 3.83. The summed E-state index contributed by atoms with van der Waals surface area (Å²) < 4.78 is 6.14. The van der Waals surface area contributed by atoms with Gasteiger partial charge in [-0.05, 0) is 54.2 Å². The molecule has 2 unspecified atom stereocenters. The van der Waals surface area contributed by atoms with Crippen LogP contribution in [0.25, 0.3) is 11.0 Å². The van der Waals surface area contributed by atoms with Crippen LogP contribution in [0.2, 0.25) is 0 Å². The number of hydrogen-bond acceptors (Lipinski definition) is 3. The third-order valence-electron chi connectivity index (χ3n) is 4.94. The molecule has 3 aliphatic rings. The van der Waals surface area contributed by atoms with E-state index in [0.717, 1.165) is 29.1 Å². The molecule has 5 heteroatoms. The molecule has 3 aromatic rings. The van der Waals surface area contributed by atoms with Crippen molar-refractivity contribution in [2.24, 2.45) is 0 Å². The predicted octanol–water partition coefficient (Wildman–Crippen LogP) is 4.30. The number of hydrogen-bond donors (Lipinski definition) is 2. The number of H-pyrrole nitrogens is 1. The Labute approximate surface area is 140 Å². The van der Waals surface area contributed by atoms with Crippen LogP contribution in [0.1, 0.15) is 35.9 Å². The van der Waals surface area contributed by atoms with Crippen molar-refractivity contribution in [2.45, 2.75) is 24.8 Å². The normalized spacial score (nSPS) is 21.7. The van der Waals surface area contributed by atoms with Crippen molar-refractivity contribution in [3.05, 3.63) is 53.9 Å². The zero-order chi connectivity index (χ0) is 14.5. The quantitative estimate of drug-likeness (QED) is 0.738. The van der Waals surface area contributed by atoms with E-state index in [1.807, 2.05) is 18.3 Å². The van der Waals surface area contributed by atoms with Gasteiger partial charge in [0.25, 0.3) is 0 Å². The fraction of sp³-hybridized carbons (Fsp3) is 0.278. The lowest BCUT2D eigenvalue weighted by Gasteiger charge is -2.39. The van der Waals surface area contributed by atoms with Crippen molar-refractivity contribution >= 4 is 23.4 Å². The number of aromatic nitrogens is 2. The summed E-state index contributed by atoms with van der Waals surface area (Å²) in [6.07, 6.45) is 6.20. The van der Waals surface area contributed by atoms with Gasteiger partial charge in [-0.15, -0.1) is 12.4 Å². The first-order valence-electron chi connectivity index (χ1n) is 7.86. The van der Waals surface area contributed by atoms with Crippen LogP contribution in [-0.2, 0) is 0 Å². The van der Waals surface area contributed by atoms with Crippen LogP contribution >= 0.6 is 12.4 Å². The maximum atomic E-state index is 6.14. The summed E-state index contributed by atoms with van der Waals surface area (Å²) in [5.41, 5.74) is 3.78. The Morgan fingerprint density at radius 2 is 2.04 bits per heavy atom. The SMILES string of the molecule is Cl.c1cc(Oc2ccc3c(c2)C2CCC3CN2)c2cc[nH]c2n1. The Morgan fingerprint density at radius 1 is 1.09 bits per heavy atom. The van der Waals surface area contributed by atoms with Gasteiger partial charge in [0.1, 0.15) is 17.1 Å². The van der Waals surface area contributed by atoms with E-state index in [1.165, 1.54) is 24.0 Å². The molecule has 1 aliphatic carbocycles. The van der Waals surface area contributed by atoms with Crippen LogP contribution in [0.4, 0.5) is 0 Å². The molecule has 0 radical (unpaired) electrons. The van der Waals surface area contributed by atoms with Crippen LogP contribution in [0.5, 0.6) is 11.5 Å². The molecule has 0 amide bonds. The van der Waals surface area contributed by atoms with Crippen molar-refractivity contribution in [1.29, 1.82) is 0 Å². The van der Waals surface area contributed by atoms with Gasteiger partial charge in [0, 0.05) is 25.0 Å². The highest BCUT2D eigenvalue weighted by molar-refractivity contribution is 5.85. The van der Waals surface area contributed by atoms with E-state index >= 15 is 0 Å². The number of piperidine rings is 1. The van der Waals surface area contributed by atoms with Crippen molar-refractivity contribution in [3.63, 3.8) is 0 Å². The molecule has 4 heterocycles. The first-order valence-corrected chi connectivity index (χ1v) is 7.86. The first-order chi connectivity index (χ1) is 10.9. The smallest absolute Gasteiger partial charge is 0.140 e. The van der Waals surface area contributed by atoms with E-state index in [4.69, 9.17) is 4.74 Å². The summed E-state index contributed by atoms with van der Waals surface area (Å²) in [5.74, 6) is 2.42. The summed E-state index contributed by atoms with van der Waals surface area (Å²) in [4.78, 5) is 7.42. The van der Waals surface area contributed by atoms with Gasteiger partial charge in [0.05, 0.1) is 5.39 Å². The third kappa shape index (κ3) is 2.30. The minimum Gasteiger partial charge on any atom is -0.457 e. The van der Waals surface area contributed by atoms with E-state index in [1.54, 1.807) is 6.20 Å². The van der Waals surface area contributed by atoms with Gasteiger partial charge in [-0.3, -0.25) is 0 Å². The van der Waals surface area contributed by atoms with Crippen LogP contribution < -0.4 is 10.1 Å². The van der Waals surface area contributed by atoms with E-state index in [9.17, 15) is 0 Å². The topological polar surface area (TPSA) is 49.9 Å². The molecule has 2 bridgehead atoms. The van der Waals surface area contributed by atoms with Crippen LogP contribution in [-0.4, -0.2) is 16.5 Å². The number of pyridine rings is 1.